The molecule has 0 saturated heterocycles. The van der Waals surface area contributed by atoms with E-state index in [1.807, 2.05) is 12.1 Å². The van der Waals surface area contributed by atoms with Crippen LogP contribution in [0.5, 0.6) is 0 Å². The Labute approximate surface area is 233 Å². The summed E-state index contributed by atoms with van der Waals surface area (Å²) in [6.07, 6.45) is 5.58. The standard InChI is InChI=1S/C27H41FN2O6S2Si/c1-27(2,28)17-30(18-35-9-10-39(4,5)6)38(33,34)26-23-12-19(16-36-37(3,31)32)11-21(23)13-22-15-29-25(14-24(22)26)20-7-8-20/h13-15,19-20H,7-12,16-18H2,1-6H3. The van der Waals surface area contributed by atoms with E-state index in [0.29, 0.717) is 41.7 Å². The molecule has 2 aromatic rings. The van der Waals surface area contributed by atoms with Crippen molar-refractivity contribution in [2.45, 2.75) is 81.7 Å². The topological polar surface area (TPSA) is 103 Å². The van der Waals surface area contributed by atoms with Crippen molar-refractivity contribution in [2.75, 3.05) is 32.7 Å². The number of nitrogens with zero attached hydrogens (tertiary/aromatic N) is 2. The third kappa shape index (κ3) is 8.07. The van der Waals surface area contributed by atoms with Gasteiger partial charge < -0.3 is 4.74 Å². The summed E-state index contributed by atoms with van der Waals surface area (Å²) in [7, 11) is -9.24. The molecule has 1 fully saturated rings. The van der Waals surface area contributed by atoms with E-state index in [-0.39, 0.29) is 30.7 Å². The fourth-order valence-electron chi connectivity index (χ4n) is 4.98. The molecule has 0 bridgehead atoms. The lowest BCUT2D eigenvalue weighted by Crippen LogP contribution is -2.42. The minimum atomic E-state index is -4.20. The first-order chi connectivity index (χ1) is 17.9. The molecule has 0 aliphatic heterocycles. The van der Waals surface area contributed by atoms with Crippen LogP contribution < -0.4 is 0 Å². The zero-order valence-corrected chi connectivity index (χ0v) is 26.4. The molecule has 2 aliphatic carbocycles. The Kier molecular flexibility index (Phi) is 8.68. The van der Waals surface area contributed by atoms with Gasteiger partial charge in [-0.2, -0.15) is 12.7 Å². The summed E-state index contributed by atoms with van der Waals surface area (Å²) in [5.41, 5.74) is 0.539. The fraction of sp³-hybridized carbons (Fsp3) is 0.667. The first-order valence-electron chi connectivity index (χ1n) is 13.5. The van der Waals surface area contributed by atoms with E-state index >= 15 is 0 Å². The predicted octanol–water partition coefficient (Wildman–Crippen LogP) is 4.85. The zero-order chi connectivity index (χ0) is 28.8. The van der Waals surface area contributed by atoms with Gasteiger partial charge in [0.1, 0.15) is 12.4 Å². The van der Waals surface area contributed by atoms with Gasteiger partial charge in [-0.15, -0.1) is 0 Å². The highest BCUT2D eigenvalue weighted by atomic mass is 32.2. The summed E-state index contributed by atoms with van der Waals surface area (Å²) < 4.78 is 79.1. The van der Waals surface area contributed by atoms with E-state index in [9.17, 15) is 21.2 Å². The third-order valence-corrected chi connectivity index (χ3v) is 11.3. The minimum absolute atomic E-state index is 0.0318. The Morgan fingerprint density at radius 3 is 2.41 bits per heavy atom. The number of ether oxygens (including phenoxy) is 1. The monoisotopic (exact) mass is 600 g/mol. The van der Waals surface area contributed by atoms with Crippen molar-refractivity contribution in [3.8, 4) is 0 Å². The van der Waals surface area contributed by atoms with Crippen molar-refractivity contribution in [1.82, 2.24) is 9.29 Å². The second-order valence-corrected chi connectivity index (χ2v) is 22.0. The third-order valence-electron chi connectivity index (χ3n) is 7.09. The first kappa shape index (κ1) is 30.5. The SMILES string of the molecule is CC(C)(F)CN(COCC[Si](C)(C)C)S(=O)(=O)c1c2c(cc3cnc(C4CC4)cc13)CC(COS(C)(=O)=O)C2. The van der Waals surface area contributed by atoms with Gasteiger partial charge in [0, 0.05) is 49.8 Å². The van der Waals surface area contributed by atoms with Crippen LogP contribution in [0, 0.1) is 5.92 Å². The maximum absolute atomic E-state index is 15.0. The highest BCUT2D eigenvalue weighted by Gasteiger charge is 2.38. The van der Waals surface area contributed by atoms with Gasteiger partial charge in [-0.1, -0.05) is 19.6 Å². The summed E-state index contributed by atoms with van der Waals surface area (Å²) in [5.74, 6) is 0.121. The number of sulfonamides is 1. The van der Waals surface area contributed by atoms with Gasteiger partial charge in [-0.05, 0) is 74.8 Å². The number of benzene rings is 1. The predicted molar refractivity (Wildman–Crippen MR) is 153 cm³/mol. The lowest BCUT2D eigenvalue weighted by atomic mass is 10.0. The highest BCUT2D eigenvalue weighted by molar-refractivity contribution is 7.89. The molecule has 0 spiro atoms. The van der Waals surface area contributed by atoms with Crippen molar-refractivity contribution in [1.29, 1.82) is 0 Å². The quantitative estimate of drug-likeness (QED) is 0.140. The first-order valence-corrected chi connectivity index (χ1v) is 20.4. The second-order valence-electron chi connectivity index (χ2n) is 12.9. The second kappa shape index (κ2) is 11.1. The van der Waals surface area contributed by atoms with E-state index in [0.717, 1.165) is 40.7 Å². The van der Waals surface area contributed by atoms with Crippen LogP contribution in [0.25, 0.3) is 10.8 Å². The van der Waals surface area contributed by atoms with E-state index < -0.39 is 33.9 Å². The van der Waals surface area contributed by atoms with Gasteiger partial charge in [0.25, 0.3) is 10.1 Å². The van der Waals surface area contributed by atoms with Gasteiger partial charge >= 0.3 is 0 Å². The molecule has 0 radical (unpaired) electrons. The average molecular weight is 601 g/mol. The molecule has 1 aromatic heterocycles. The summed E-state index contributed by atoms with van der Waals surface area (Å²) in [4.78, 5) is 4.75. The summed E-state index contributed by atoms with van der Waals surface area (Å²) in [5, 5.41) is 1.26. The van der Waals surface area contributed by atoms with Crippen molar-refractivity contribution in [3.63, 3.8) is 0 Å². The van der Waals surface area contributed by atoms with Crippen LogP contribution in [0.4, 0.5) is 4.39 Å². The molecule has 218 valence electrons. The lowest BCUT2D eigenvalue weighted by Gasteiger charge is -2.29. The van der Waals surface area contributed by atoms with Gasteiger partial charge in [-0.3, -0.25) is 9.17 Å². The molecule has 1 atom stereocenters. The molecular formula is C27H41FN2O6S2Si. The maximum Gasteiger partial charge on any atom is 0.264 e. The van der Waals surface area contributed by atoms with E-state index in [2.05, 4.69) is 24.6 Å². The van der Waals surface area contributed by atoms with Gasteiger partial charge in [0.15, 0.2) is 0 Å². The van der Waals surface area contributed by atoms with Crippen molar-refractivity contribution in [2.24, 2.45) is 5.92 Å². The number of fused-ring (bicyclic) bond motifs is 2. The van der Waals surface area contributed by atoms with Crippen LogP contribution in [0.1, 0.15) is 49.4 Å². The normalized spacial score (nSPS) is 18.7. The lowest BCUT2D eigenvalue weighted by molar-refractivity contribution is 0.0537. The van der Waals surface area contributed by atoms with Crippen LogP contribution in [-0.4, -0.2) is 72.6 Å². The van der Waals surface area contributed by atoms with Crippen LogP contribution in [0.15, 0.2) is 23.2 Å². The van der Waals surface area contributed by atoms with Gasteiger partial charge in [-0.25, -0.2) is 12.8 Å². The maximum atomic E-state index is 15.0. The Balaban J connectivity index is 1.77. The van der Waals surface area contributed by atoms with E-state index in [1.165, 1.54) is 13.8 Å². The van der Waals surface area contributed by atoms with Gasteiger partial charge in [0.05, 0.1) is 17.8 Å². The number of pyridine rings is 1. The highest BCUT2D eigenvalue weighted by Crippen LogP contribution is 2.43. The molecule has 1 saturated carbocycles. The Morgan fingerprint density at radius 1 is 1.13 bits per heavy atom. The van der Waals surface area contributed by atoms with Crippen LogP contribution in [0.2, 0.25) is 25.7 Å². The Morgan fingerprint density at radius 2 is 1.82 bits per heavy atom. The Hall–Kier alpha value is -1.44. The molecule has 1 aromatic carbocycles. The van der Waals surface area contributed by atoms with E-state index in [4.69, 9.17) is 8.92 Å². The molecule has 4 rings (SSSR count). The molecule has 0 amide bonds. The average Bonchev–Trinajstić information content (AvgIpc) is 3.55. The van der Waals surface area contributed by atoms with Crippen LogP contribution in [0.3, 0.4) is 0 Å². The number of aromatic nitrogens is 1. The smallest absolute Gasteiger partial charge is 0.264 e. The van der Waals surface area contributed by atoms with E-state index in [1.54, 1.807) is 6.20 Å². The summed E-state index contributed by atoms with van der Waals surface area (Å²) in [6.45, 7) is 9.14. The largest absolute Gasteiger partial charge is 0.365 e. The van der Waals surface area contributed by atoms with Crippen LogP contribution >= 0.6 is 0 Å². The fourth-order valence-corrected chi connectivity index (χ4v) is 8.11. The molecule has 8 nitrogen and oxygen atoms in total. The number of alkyl halides is 1. The van der Waals surface area contributed by atoms with Gasteiger partial charge in [0.2, 0.25) is 10.0 Å². The molecule has 0 N–H and O–H groups in total. The molecule has 39 heavy (non-hydrogen) atoms. The van der Waals surface area contributed by atoms with Crippen LogP contribution in [-0.2, 0) is 41.9 Å². The molecule has 12 heteroatoms. The molecule has 1 heterocycles. The van der Waals surface area contributed by atoms with Crippen molar-refractivity contribution >= 4 is 39.0 Å². The van der Waals surface area contributed by atoms with Crippen molar-refractivity contribution in [3.05, 3.63) is 35.2 Å². The summed E-state index contributed by atoms with van der Waals surface area (Å²) >= 11 is 0. The number of hydrogen-bond acceptors (Lipinski definition) is 7. The number of hydrogen-bond donors (Lipinski definition) is 0. The zero-order valence-electron chi connectivity index (χ0n) is 23.8. The Bertz CT molecular complexity index is 1430. The number of halogens is 1. The number of rotatable bonds is 13. The molecular weight excluding hydrogens is 560 g/mol. The van der Waals surface area contributed by atoms with Crippen molar-refractivity contribution < 1.29 is 30.1 Å². The summed E-state index contributed by atoms with van der Waals surface area (Å²) in [6, 6.07) is 4.68. The molecule has 1 unspecified atom stereocenters. The minimum Gasteiger partial charge on any atom is -0.365 e. The molecule has 2 aliphatic rings.